The summed E-state index contributed by atoms with van der Waals surface area (Å²) in [6.07, 6.45) is 3.90. The van der Waals surface area contributed by atoms with E-state index in [0.717, 1.165) is 16.7 Å². The number of hydrogen-bond donors (Lipinski definition) is 1. The van der Waals surface area contributed by atoms with E-state index in [9.17, 15) is 14.4 Å². The molecule has 1 spiro atoms. The Balaban J connectivity index is 1.70. The van der Waals surface area contributed by atoms with Crippen LogP contribution in [0.25, 0.3) is 6.08 Å². The molecular weight excluding hydrogens is 456 g/mol. The van der Waals surface area contributed by atoms with Gasteiger partial charge in [0, 0.05) is 17.3 Å². The first-order valence-electron chi connectivity index (χ1n) is 11.8. The number of Topliss-reactive ketones (excluding diaryl/α,β-unsaturated/α-hetero) is 2. The number of rotatable bonds is 3. The van der Waals surface area contributed by atoms with Crippen LogP contribution in [0.5, 0.6) is 0 Å². The van der Waals surface area contributed by atoms with E-state index in [1.54, 1.807) is 6.07 Å². The summed E-state index contributed by atoms with van der Waals surface area (Å²) in [5.74, 6) is -1.31. The molecule has 6 heteroatoms. The topological polar surface area (TPSA) is 66.5 Å². The first-order valence-corrected chi connectivity index (χ1v) is 12.7. The van der Waals surface area contributed by atoms with E-state index in [1.165, 1.54) is 11.3 Å². The van der Waals surface area contributed by atoms with E-state index in [1.807, 2.05) is 97.9 Å². The molecule has 5 nitrogen and oxygen atoms in total. The number of amides is 1. The molecule has 3 aliphatic heterocycles. The fourth-order valence-corrected chi connectivity index (χ4v) is 6.89. The smallest absolute Gasteiger partial charge is 0.238 e. The first kappa shape index (κ1) is 22.0. The number of carbonyl (C=O) groups is 3. The molecule has 0 aliphatic carbocycles. The predicted molar refractivity (Wildman–Crippen MR) is 137 cm³/mol. The number of hydrogen-bond acceptors (Lipinski definition) is 5. The molecule has 1 amide bonds. The highest BCUT2D eigenvalue weighted by molar-refractivity contribution is 7.12. The van der Waals surface area contributed by atoms with E-state index in [2.05, 4.69) is 5.32 Å². The summed E-state index contributed by atoms with van der Waals surface area (Å²) in [6.45, 7) is 5.64. The third kappa shape index (κ3) is 2.89. The van der Waals surface area contributed by atoms with Crippen molar-refractivity contribution in [3.8, 4) is 0 Å². The molecule has 0 saturated carbocycles. The molecule has 35 heavy (non-hydrogen) atoms. The fourth-order valence-electron chi connectivity index (χ4n) is 6.18. The van der Waals surface area contributed by atoms with Gasteiger partial charge in [-0.25, -0.2) is 0 Å². The zero-order chi connectivity index (χ0) is 24.5. The van der Waals surface area contributed by atoms with Crippen molar-refractivity contribution in [1.82, 2.24) is 4.90 Å². The van der Waals surface area contributed by atoms with Crippen molar-refractivity contribution < 1.29 is 14.4 Å². The van der Waals surface area contributed by atoms with E-state index in [-0.39, 0.29) is 17.5 Å². The van der Waals surface area contributed by atoms with Crippen LogP contribution in [0.4, 0.5) is 5.69 Å². The maximum atomic E-state index is 14.3. The molecule has 0 radical (unpaired) electrons. The zero-order valence-corrected chi connectivity index (χ0v) is 20.6. The summed E-state index contributed by atoms with van der Waals surface area (Å²) < 4.78 is 0. The second-order valence-electron chi connectivity index (χ2n) is 10.5. The van der Waals surface area contributed by atoms with Crippen LogP contribution < -0.4 is 5.32 Å². The summed E-state index contributed by atoms with van der Waals surface area (Å²) in [5, 5.41) is 4.93. The molecule has 3 aliphatic rings. The van der Waals surface area contributed by atoms with E-state index in [4.69, 9.17) is 0 Å². The quantitative estimate of drug-likeness (QED) is 0.503. The second kappa shape index (κ2) is 7.49. The van der Waals surface area contributed by atoms with Gasteiger partial charge in [0.1, 0.15) is 5.41 Å². The lowest BCUT2D eigenvalue weighted by Crippen LogP contribution is -2.50. The van der Waals surface area contributed by atoms with Crippen molar-refractivity contribution in [2.45, 2.75) is 38.3 Å². The van der Waals surface area contributed by atoms with E-state index < -0.39 is 28.8 Å². The largest absolute Gasteiger partial charge is 0.358 e. The average Bonchev–Trinajstić information content (AvgIpc) is 3.55. The number of benzene rings is 2. The number of anilines is 1. The minimum Gasteiger partial charge on any atom is -0.358 e. The summed E-state index contributed by atoms with van der Waals surface area (Å²) in [5.41, 5.74) is 1.49. The monoisotopic (exact) mass is 482 g/mol. The second-order valence-corrected chi connectivity index (χ2v) is 11.5. The number of nitrogens with zero attached hydrogens (tertiary/aromatic N) is 1. The van der Waals surface area contributed by atoms with Gasteiger partial charge in [0.05, 0.1) is 22.9 Å². The molecule has 4 atom stereocenters. The molecule has 1 saturated heterocycles. The van der Waals surface area contributed by atoms with Gasteiger partial charge in [-0.3, -0.25) is 14.4 Å². The molecule has 6 rings (SSSR count). The predicted octanol–water partition coefficient (Wildman–Crippen LogP) is 5.46. The molecule has 4 heterocycles. The van der Waals surface area contributed by atoms with Gasteiger partial charge in [0.25, 0.3) is 0 Å². The number of thiophene rings is 1. The Morgan fingerprint density at radius 1 is 1.00 bits per heavy atom. The number of nitrogens with one attached hydrogen (secondary N) is 1. The fraction of sp³-hybridized carbons (Fsp3) is 0.276. The maximum absolute atomic E-state index is 14.3. The number of fused-ring (bicyclic) bond motifs is 6. The molecular formula is C29H26N2O3S. The zero-order valence-electron chi connectivity index (χ0n) is 19.8. The minimum atomic E-state index is -1.25. The van der Waals surface area contributed by atoms with Crippen LogP contribution in [0.1, 0.15) is 53.2 Å². The van der Waals surface area contributed by atoms with Gasteiger partial charge in [0.15, 0.2) is 11.6 Å². The lowest BCUT2D eigenvalue weighted by Gasteiger charge is -2.38. The lowest BCUT2D eigenvalue weighted by molar-refractivity contribution is -0.131. The Labute approximate surface area is 208 Å². The van der Waals surface area contributed by atoms with Crippen molar-refractivity contribution in [3.63, 3.8) is 0 Å². The molecule has 2 aromatic carbocycles. The average molecular weight is 483 g/mol. The molecule has 1 fully saturated rings. The van der Waals surface area contributed by atoms with Gasteiger partial charge in [0.2, 0.25) is 5.91 Å². The highest BCUT2D eigenvalue weighted by atomic mass is 32.1. The standard InChI is InChI=1S/C29H26N2O3S/c1-28(2,3)26(33)23-22(24(32)21-13-8-16-35-21)29(19-11-6-7-12-20(19)30-27(29)34)25-18-10-5-4-9-17(18)14-15-31(23)25/h4-16,22-23,25H,1-3H3,(H,30,34). The van der Waals surface area contributed by atoms with Gasteiger partial charge in [-0.05, 0) is 40.3 Å². The molecule has 1 aromatic heterocycles. The Hall–Kier alpha value is -3.51. The van der Waals surface area contributed by atoms with E-state index >= 15 is 0 Å². The van der Waals surface area contributed by atoms with Crippen molar-refractivity contribution in [3.05, 3.63) is 93.8 Å². The lowest BCUT2D eigenvalue weighted by atomic mass is 9.62. The van der Waals surface area contributed by atoms with Crippen LogP contribution >= 0.6 is 11.3 Å². The summed E-state index contributed by atoms with van der Waals surface area (Å²) in [7, 11) is 0. The Morgan fingerprint density at radius 3 is 2.49 bits per heavy atom. The summed E-state index contributed by atoms with van der Waals surface area (Å²) >= 11 is 1.35. The van der Waals surface area contributed by atoms with Crippen molar-refractivity contribution >= 4 is 40.6 Å². The molecule has 1 N–H and O–H groups in total. The SMILES string of the molecule is CC(C)(C)C(=O)C1C(C(=O)c2cccs2)C2(C(=O)Nc3ccccc32)C2c3ccccc3C=CN12. The van der Waals surface area contributed by atoms with Gasteiger partial charge < -0.3 is 10.2 Å². The number of ketones is 2. The first-order chi connectivity index (χ1) is 16.8. The Morgan fingerprint density at radius 2 is 1.74 bits per heavy atom. The van der Waals surface area contributed by atoms with Gasteiger partial charge in [-0.1, -0.05) is 69.3 Å². The van der Waals surface area contributed by atoms with Gasteiger partial charge >= 0.3 is 0 Å². The molecule has 0 bridgehead atoms. The Kier molecular flexibility index (Phi) is 4.71. The van der Waals surface area contributed by atoms with Crippen LogP contribution in [-0.2, 0) is 15.0 Å². The molecule has 3 aromatic rings. The Bertz CT molecular complexity index is 1400. The van der Waals surface area contributed by atoms with Gasteiger partial charge in [-0.15, -0.1) is 11.3 Å². The third-order valence-corrected chi connectivity index (χ3v) is 8.51. The third-order valence-electron chi connectivity index (χ3n) is 7.62. The summed E-state index contributed by atoms with van der Waals surface area (Å²) in [6, 6.07) is 17.9. The van der Waals surface area contributed by atoms with Crippen LogP contribution in [0, 0.1) is 11.3 Å². The van der Waals surface area contributed by atoms with Gasteiger partial charge in [-0.2, -0.15) is 0 Å². The van der Waals surface area contributed by atoms with E-state index in [0.29, 0.717) is 10.6 Å². The van der Waals surface area contributed by atoms with Crippen LogP contribution in [0.2, 0.25) is 0 Å². The van der Waals surface area contributed by atoms with Crippen molar-refractivity contribution in [2.75, 3.05) is 5.32 Å². The maximum Gasteiger partial charge on any atom is 0.238 e. The van der Waals surface area contributed by atoms with Crippen molar-refractivity contribution in [2.24, 2.45) is 11.3 Å². The number of para-hydroxylation sites is 1. The van der Waals surface area contributed by atoms with Crippen LogP contribution in [0.3, 0.4) is 0 Å². The number of carbonyl (C=O) groups excluding carboxylic acids is 3. The van der Waals surface area contributed by atoms with Crippen LogP contribution in [0.15, 0.2) is 72.2 Å². The normalized spacial score (nSPS) is 26.3. The van der Waals surface area contributed by atoms with Crippen LogP contribution in [-0.4, -0.2) is 28.4 Å². The molecule has 4 unspecified atom stereocenters. The highest BCUT2D eigenvalue weighted by Crippen LogP contribution is 2.62. The molecule has 176 valence electrons. The van der Waals surface area contributed by atoms with Crippen molar-refractivity contribution in [1.29, 1.82) is 0 Å². The summed E-state index contributed by atoms with van der Waals surface area (Å²) in [4.78, 5) is 45.2. The highest BCUT2D eigenvalue weighted by Gasteiger charge is 2.71. The minimum absolute atomic E-state index is 0.0458.